The molecule has 1 unspecified atom stereocenters. The Labute approximate surface area is 338 Å². The lowest BCUT2D eigenvalue weighted by molar-refractivity contribution is -0.135. The number of ether oxygens (including phenoxy) is 2. The molecule has 1 fully saturated rings. The molecule has 13 nitrogen and oxygen atoms in total. The van der Waals surface area contributed by atoms with Crippen molar-refractivity contribution in [3.05, 3.63) is 105 Å². The fourth-order valence-corrected chi connectivity index (χ4v) is 9.00. The summed E-state index contributed by atoms with van der Waals surface area (Å²) in [6, 6.07) is 16.8. The van der Waals surface area contributed by atoms with E-state index in [0.717, 1.165) is 73.6 Å². The molecule has 2 aliphatic rings. The number of nitrogens with one attached hydrogen (secondary N) is 2. The molecule has 0 radical (unpaired) electrons. The van der Waals surface area contributed by atoms with Crippen LogP contribution in [0.15, 0.2) is 65.8 Å². The van der Waals surface area contributed by atoms with Gasteiger partial charge in [0, 0.05) is 57.6 Å². The Hall–Kier alpha value is -5.28. The first-order valence-corrected chi connectivity index (χ1v) is 20.4. The number of rotatable bonds is 14. The number of hydrogen-bond acceptors (Lipinski definition) is 10. The van der Waals surface area contributed by atoms with Gasteiger partial charge in [-0.3, -0.25) is 29.3 Å². The molecular formula is C42H43ClN8O5S. The predicted octanol–water partition coefficient (Wildman–Crippen LogP) is 6.45. The summed E-state index contributed by atoms with van der Waals surface area (Å²) in [5.74, 6) is 0.698. The maximum absolute atomic E-state index is 13.3. The van der Waals surface area contributed by atoms with Crippen LogP contribution in [0, 0.1) is 20.8 Å². The highest BCUT2D eigenvalue weighted by Gasteiger charge is 2.33. The average Bonchev–Trinajstić information content (AvgIpc) is 3.81. The van der Waals surface area contributed by atoms with Crippen molar-refractivity contribution in [2.24, 2.45) is 4.99 Å². The third-order valence-corrected chi connectivity index (χ3v) is 12.0. The zero-order chi connectivity index (χ0) is 39.6. The number of aliphatic imine (C=N–C) groups is 1. The molecule has 0 aliphatic carbocycles. The van der Waals surface area contributed by atoms with E-state index in [1.165, 1.54) is 4.88 Å². The number of thiophene rings is 1. The van der Waals surface area contributed by atoms with Crippen LogP contribution in [0.1, 0.15) is 76.5 Å². The van der Waals surface area contributed by atoms with Gasteiger partial charge in [-0.05, 0) is 87.6 Å². The molecule has 3 amide bonds. The summed E-state index contributed by atoms with van der Waals surface area (Å²) in [5.41, 5.74) is 6.72. The molecule has 15 heteroatoms. The quantitative estimate of drug-likeness (QED) is 0.0941. The van der Waals surface area contributed by atoms with Gasteiger partial charge in [0.25, 0.3) is 0 Å². The first kappa shape index (κ1) is 38.6. The largest absolute Gasteiger partial charge is 0.379 e. The predicted molar refractivity (Wildman–Crippen MR) is 220 cm³/mol. The number of nitrogens with zero attached hydrogens (tertiary/aromatic N) is 6. The number of carbonyl (C=O) groups excluding carboxylic acids is 3. The SMILES string of the molecule is Cc1sc2c(c1C)C(c1ccc(Cl)cc1)=N[C@@H](CC(=O)NCCOCCOCCCc1ccc3c(c1)c1cccnc1n3C1CCC(=O)NC1=O)c1nnc(C)n1-2. The Morgan fingerprint density at radius 1 is 1.00 bits per heavy atom. The molecule has 2 aliphatic heterocycles. The Morgan fingerprint density at radius 2 is 1.81 bits per heavy atom. The van der Waals surface area contributed by atoms with Crippen molar-refractivity contribution in [1.29, 1.82) is 0 Å². The van der Waals surface area contributed by atoms with E-state index in [1.54, 1.807) is 17.5 Å². The number of aromatic nitrogens is 5. The topological polar surface area (TPSA) is 155 Å². The lowest BCUT2D eigenvalue weighted by Gasteiger charge is -2.23. The number of hydrogen-bond donors (Lipinski definition) is 2. The maximum atomic E-state index is 13.3. The van der Waals surface area contributed by atoms with E-state index in [9.17, 15) is 14.4 Å². The molecule has 8 rings (SSSR count). The molecule has 6 aromatic rings. The van der Waals surface area contributed by atoms with Gasteiger partial charge in [-0.25, -0.2) is 4.98 Å². The first-order valence-electron chi connectivity index (χ1n) is 19.2. The van der Waals surface area contributed by atoms with Crippen molar-refractivity contribution < 1.29 is 23.9 Å². The van der Waals surface area contributed by atoms with Crippen LogP contribution in [0.5, 0.6) is 0 Å². The number of benzene rings is 2. The second-order valence-electron chi connectivity index (χ2n) is 14.3. The smallest absolute Gasteiger partial charge is 0.249 e. The van der Waals surface area contributed by atoms with Gasteiger partial charge in [0.2, 0.25) is 17.7 Å². The first-order chi connectivity index (χ1) is 27.7. The Balaban J connectivity index is 0.802. The van der Waals surface area contributed by atoms with Gasteiger partial charge in [0.15, 0.2) is 5.82 Å². The summed E-state index contributed by atoms with van der Waals surface area (Å²) in [4.78, 5) is 48.8. The minimum absolute atomic E-state index is 0.108. The second-order valence-corrected chi connectivity index (χ2v) is 16.0. The standard InChI is InChI=1S/C42H43ClN8O5S/c1-24-25(2)57-42-37(24)38(28-9-11-29(43)12-10-28)46-32(40-49-48-26(3)50(40)42)23-36(53)44-17-19-56-21-20-55-18-5-6-27-8-13-33-31(22-27)30-7-4-16-45-39(30)51(33)34-14-15-35(52)47-41(34)54/h4,7-13,16,22,32,34H,5-6,14-15,17-21,23H2,1-3H3,(H,44,53)(H,47,52,54)/t32-,34?/m0/s1. The van der Waals surface area contributed by atoms with Crippen LogP contribution in [0.4, 0.5) is 0 Å². The molecule has 294 valence electrons. The molecule has 2 aromatic carbocycles. The molecular weight excluding hydrogens is 764 g/mol. The van der Waals surface area contributed by atoms with Crippen LogP contribution in [0.25, 0.3) is 26.9 Å². The molecule has 0 saturated carbocycles. The maximum Gasteiger partial charge on any atom is 0.249 e. The number of pyridine rings is 1. The van der Waals surface area contributed by atoms with Crippen LogP contribution in [-0.2, 0) is 30.3 Å². The average molecular weight is 807 g/mol. The number of piperidine rings is 1. The van der Waals surface area contributed by atoms with Crippen LogP contribution in [0.2, 0.25) is 5.02 Å². The van der Waals surface area contributed by atoms with Crippen LogP contribution >= 0.6 is 22.9 Å². The number of halogens is 1. The second kappa shape index (κ2) is 16.7. The van der Waals surface area contributed by atoms with E-state index in [0.29, 0.717) is 56.7 Å². The van der Waals surface area contributed by atoms with Crippen LogP contribution < -0.4 is 10.6 Å². The van der Waals surface area contributed by atoms with Crippen molar-refractivity contribution in [2.45, 2.75) is 65.0 Å². The van der Waals surface area contributed by atoms with Crippen molar-refractivity contribution in [3.63, 3.8) is 0 Å². The van der Waals surface area contributed by atoms with E-state index in [4.69, 9.17) is 26.1 Å². The van der Waals surface area contributed by atoms with Crippen LogP contribution in [-0.4, -0.2) is 80.7 Å². The third kappa shape index (κ3) is 7.87. The summed E-state index contributed by atoms with van der Waals surface area (Å²) < 4.78 is 15.6. The zero-order valence-electron chi connectivity index (χ0n) is 32.0. The Kier molecular flexibility index (Phi) is 11.3. The highest BCUT2D eigenvalue weighted by Crippen LogP contribution is 2.40. The Bertz CT molecular complexity index is 2520. The van der Waals surface area contributed by atoms with Gasteiger partial charge < -0.3 is 19.4 Å². The number of imide groups is 1. The molecule has 0 spiro atoms. The van der Waals surface area contributed by atoms with E-state index < -0.39 is 12.1 Å². The van der Waals surface area contributed by atoms with Crippen LogP contribution in [0.3, 0.4) is 0 Å². The van der Waals surface area contributed by atoms with E-state index in [2.05, 4.69) is 51.8 Å². The Morgan fingerprint density at radius 3 is 2.61 bits per heavy atom. The molecule has 1 saturated heterocycles. The normalized spacial score (nSPS) is 16.7. The lowest BCUT2D eigenvalue weighted by atomic mass is 9.99. The molecule has 6 heterocycles. The lowest BCUT2D eigenvalue weighted by Crippen LogP contribution is -2.41. The van der Waals surface area contributed by atoms with Gasteiger partial charge in [-0.1, -0.05) is 29.8 Å². The number of aryl methyl sites for hydroxylation is 3. The summed E-state index contributed by atoms with van der Waals surface area (Å²) in [6.07, 6.45) is 4.24. The van der Waals surface area contributed by atoms with Gasteiger partial charge >= 0.3 is 0 Å². The number of amides is 3. The van der Waals surface area contributed by atoms with Crippen molar-refractivity contribution in [3.8, 4) is 5.00 Å². The highest BCUT2D eigenvalue weighted by atomic mass is 35.5. The zero-order valence-corrected chi connectivity index (χ0v) is 33.6. The minimum atomic E-state index is -0.539. The van der Waals surface area contributed by atoms with E-state index in [-0.39, 0.29) is 24.1 Å². The van der Waals surface area contributed by atoms with Gasteiger partial charge in [0.1, 0.15) is 28.6 Å². The van der Waals surface area contributed by atoms with Crippen molar-refractivity contribution >= 4 is 68.3 Å². The highest BCUT2D eigenvalue weighted by molar-refractivity contribution is 7.15. The molecule has 4 aromatic heterocycles. The molecule has 57 heavy (non-hydrogen) atoms. The summed E-state index contributed by atoms with van der Waals surface area (Å²) >= 11 is 7.90. The number of carbonyl (C=O) groups is 3. The van der Waals surface area contributed by atoms with Crippen molar-refractivity contribution in [2.75, 3.05) is 33.0 Å². The summed E-state index contributed by atoms with van der Waals surface area (Å²) in [6.45, 7) is 8.26. The summed E-state index contributed by atoms with van der Waals surface area (Å²) in [7, 11) is 0. The van der Waals surface area contributed by atoms with Crippen molar-refractivity contribution in [1.82, 2.24) is 34.9 Å². The van der Waals surface area contributed by atoms with Gasteiger partial charge in [-0.2, -0.15) is 0 Å². The van der Waals surface area contributed by atoms with E-state index >= 15 is 0 Å². The fourth-order valence-electron chi connectivity index (χ4n) is 7.66. The van der Waals surface area contributed by atoms with Gasteiger partial charge in [0.05, 0.1) is 37.5 Å². The molecule has 2 atom stereocenters. The number of fused-ring (bicyclic) bond motifs is 6. The molecule has 0 bridgehead atoms. The fraction of sp³-hybridized carbons (Fsp3) is 0.357. The minimum Gasteiger partial charge on any atom is -0.379 e. The van der Waals surface area contributed by atoms with E-state index in [1.807, 2.05) is 58.5 Å². The summed E-state index contributed by atoms with van der Waals surface area (Å²) in [5, 5.41) is 18.0. The molecule has 2 N–H and O–H groups in total. The third-order valence-electron chi connectivity index (χ3n) is 10.6. The van der Waals surface area contributed by atoms with Gasteiger partial charge in [-0.15, -0.1) is 21.5 Å². The monoisotopic (exact) mass is 806 g/mol.